The maximum Gasteiger partial charge on any atom is 0.389 e. The molecular weight excluding hydrogens is 269 g/mol. The van der Waals surface area contributed by atoms with Crippen LogP contribution in [0.3, 0.4) is 0 Å². The molecule has 1 heterocycles. The molecule has 1 aliphatic rings. The van der Waals surface area contributed by atoms with Gasteiger partial charge in [-0.2, -0.15) is 13.2 Å². The number of alkyl halides is 3. The van der Waals surface area contributed by atoms with Crippen LogP contribution in [0.2, 0.25) is 0 Å². The first kappa shape index (κ1) is 17.7. The number of nitrogens with zero attached hydrogens (tertiary/aromatic N) is 1. The van der Waals surface area contributed by atoms with Gasteiger partial charge in [0.05, 0.1) is 6.61 Å². The molecule has 0 radical (unpaired) electrons. The number of piperidine rings is 1. The molecule has 3 nitrogen and oxygen atoms in total. The number of methoxy groups -OCH3 is 1. The highest BCUT2D eigenvalue weighted by molar-refractivity contribution is 4.90. The Balaban J connectivity index is 2.53. The highest BCUT2D eigenvalue weighted by Crippen LogP contribution is 2.30. The molecule has 1 rings (SSSR count). The molecule has 20 heavy (non-hydrogen) atoms. The number of hydrogen-bond donors (Lipinski definition) is 1. The minimum atomic E-state index is -4.07. The average molecular weight is 296 g/mol. The van der Waals surface area contributed by atoms with E-state index >= 15 is 0 Å². The summed E-state index contributed by atoms with van der Waals surface area (Å²) in [6.45, 7) is 4.87. The predicted molar refractivity (Wildman–Crippen MR) is 73.5 cm³/mol. The summed E-state index contributed by atoms with van der Waals surface area (Å²) in [5.74, 6) is 0.460. The topological polar surface area (TPSA) is 38.5 Å². The molecule has 0 aromatic rings. The molecular formula is C14H27F3N2O. The van der Waals surface area contributed by atoms with Crippen molar-refractivity contribution in [2.45, 2.75) is 50.7 Å². The Morgan fingerprint density at radius 3 is 2.55 bits per heavy atom. The summed E-state index contributed by atoms with van der Waals surface area (Å²) in [5.41, 5.74) is 5.52. The van der Waals surface area contributed by atoms with Crippen LogP contribution < -0.4 is 5.73 Å². The Kier molecular flexibility index (Phi) is 6.75. The second kappa shape index (κ2) is 7.61. The molecule has 0 saturated carbocycles. The molecule has 2 atom stereocenters. The molecule has 0 aliphatic carbocycles. The van der Waals surface area contributed by atoms with E-state index in [0.29, 0.717) is 25.5 Å². The zero-order valence-electron chi connectivity index (χ0n) is 12.5. The number of nitrogens with two attached hydrogens (primary N) is 1. The molecule has 0 amide bonds. The fraction of sp³-hybridized carbons (Fsp3) is 1.00. The van der Waals surface area contributed by atoms with Gasteiger partial charge in [-0.1, -0.05) is 0 Å². The predicted octanol–water partition coefficient (Wildman–Crippen LogP) is 2.79. The number of hydrogen-bond acceptors (Lipinski definition) is 3. The molecule has 0 aromatic heterocycles. The largest absolute Gasteiger partial charge is 0.389 e. The summed E-state index contributed by atoms with van der Waals surface area (Å²) in [5, 5.41) is 0. The van der Waals surface area contributed by atoms with Crippen molar-refractivity contribution in [2.24, 2.45) is 11.7 Å². The van der Waals surface area contributed by atoms with Gasteiger partial charge >= 0.3 is 6.18 Å². The van der Waals surface area contributed by atoms with Crippen LogP contribution in [0.5, 0.6) is 0 Å². The van der Waals surface area contributed by atoms with Gasteiger partial charge in [0.25, 0.3) is 0 Å². The van der Waals surface area contributed by atoms with Gasteiger partial charge < -0.3 is 10.5 Å². The lowest BCUT2D eigenvalue weighted by molar-refractivity contribution is -0.137. The van der Waals surface area contributed by atoms with Gasteiger partial charge in [0, 0.05) is 32.2 Å². The van der Waals surface area contributed by atoms with Crippen molar-refractivity contribution in [2.75, 3.05) is 33.4 Å². The quantitative estimate of drug-likeness (QED) is 0.785. The Morgan fingerprint density at radius 1 is 1.30 bits per heavy atom. The van der Waals surface area contributed by atoms with E-state index in [-0.39, 0.29) is 12.0 Å². The van der Waals surface area contributed by atoms with Crippen LogP contribution in [0.15, 0.2) is 0 Å². The highest BCUT2D eigenvalue weighted by atomic mass is 19.4. The Labute approximate surface area is 119 Å². The van der Waals surface area contributed by atoms with E-state index in [0.717, 1.165) is 25.9 Å². The normalized spacial score (nSPS) is 24.6. The monoisotopic (exact) mass is 296 g/mol. The Bertz CT molecular complexity index is 284. The second-order valence-corrected chi connectivity index (χ2v) is 6.08. The smallest absolute Gasteiger partial charge is 0.384 e. The summed E-state index contributed by atoms with van der Waals surface area (Å²) in [7, 11) is 1.68. The van der Waals surface area contributed by atoms with Crippen LogP contribution in [0.25, 0.3) is 0 Å². The molecule has 1 saturated heterocycles. The van der Waals surface area contributed by atoms with Crippen molar-refractivity contribution in [1.82, 2.24) is 4.90 Å². The van der Waals surface area contributed by atoms with Crippen molar-refractivity contribution in [3.8, 4) is 0 Å². The molecule has 0 bridgehead atoms. The first-order valence-electron chi connectivity index (χ1n) is 7.31. The van der Waals surface area contributed by atoms with Crippen molar-refractivity contribution >= 4 is 0 Å². The maximum absolute atomic E-state index is 12.3. The minimum absolute atomic E-state index is 0.142. The zero-order valence-corrected chi connectivity index (χ0v) is 12.5. The Hall–Kier alpha value is -0.330. The van der Waals surface area contributed by atoms with E-state index < -0.39 is 12.6 Å². The van der Waals surface area contributed by atoms with Gasteiger partial charge in [0.1, 0.15) is 0 Å². The molecule has 120 valence electrons. The maximum atomic E-state index is 12.3. The zero-order chi connectivity index (χ0) is 15.2. The van der Waals surface area contributed by atoms with Crippen molar-refractivity contribution in [3.05, 3.63) is 0 Å². The third kappa shape index (κ3) is 5.58. The molecule has 2 unspecified atom stereocenters. The van der Waals surface area contributed by atoms with E-state index in [2.05, 4.69) is 4.90 Å². The molecule has 0 spiro atoms. The van der Waals surface area contributed by atoms with E-state index in [1.807, 2.05) is 6.92 Å². The van der Waals surface area contributed by atoms with Crippen LogP contribution in [0, 0.1) is 5.92 Å². The lowest BCUT2D eigenvalue weighted by atomic mass is 9.88. The van der Waals surface area contributed by atoms with E-state index in [9.17, 15) is 13.2 Å². The van der Waals surface area contributed by atoms with Crippen LogP contribution in [0.1, 0.15) is 39.0 Å². The fourth-order valence-corrected chi connectivity index (χ4v) is 2.99. The highest BCUT2D eigenvalue weighted by Gasteiger charge is 2.35. The first-order valence-corrected chi connectivity index (χ1v) is 7.31. The molecule has 1 fully saturated rings. The van der Waals surface area contributed by atoms with Gasteiger partial charge in [-0.25, -0.2) is 0 Å². The molecule has 0 aromatic carbocycles. The standard InChI is InChI=1S/C14H27F3N2O/c1-13(11-18,6-4-7-14(15,16)17)19-8-3-5-12(9-19)10-20-2/h12H,3-11,18H2,1-2H3. The van der Waals surface area contributed by atoms with Gasteiger partial charge in [-0.05, 0) is 45.1 Å². The lowest BCUT2D eigenvalue weighted by Crippen LogP contribution is -2.55. The van der Waals surface area contributed by atoms with Gasteiger partial charge in [-0.3, -0.25) is 4.90 Å². The van der Waals surface area contributed by atoms with Crippen LogP contribution in [-0.4, -0.2) is 50.0 Å². The lowest BCUT2D eigenvalue weighted by Gasteiger charge is -2.45. The SMILES string of the molecule is COCC1CCCN(C(C)(CN)CCCC(F)(F)F)C1. The van der Waals surface area contributed by atoms with Gasteiger partial charge in [0.15, 0.2) is 0 Å². The van der Waals surface area contributed by atoms with E-state index in [1.54, 1.807) is 7.11 Å². The molecule has 6 heteroatoms. The van der Waals surface area contributed by atoms with Crippen LogP contribution in [-0.2, 0) is 4.74 Å². The summed E-state index contributed by atoms with van der Waals surface area (Å²) >= 11 is 0. The van der Waals surface area contributed by atoms with Crippen LogP contribution in [0.4, 0.5) is 13.2 Å². The van der Waals surface area contributed by atoms with Crippen molar-refractivity contribution in [1.29, 1.82) is 0 Å². The third-order valence-electron chi connectivity index (χ3n) is 4.30. The Morgan fingerprint density at radius 2 is 2.00 bits per heavy atom. The third-order valence-corrected chi connectivity index (χ3v) is 4.30. The number of rotatable bonds is 7. The van der Waals surface area contributed by atoms with E-state index in [1.165, 1.54) is 0 Å². The number of likely N-dealkylation sites (tertiary alicyclic amines) is 1. The fourth-order valence-electron chi connectivity index (χ4n) is 2.99. The summed E-state index contributed by atoms with van der Waals surface area (Å²) in [6.07, 6.45) is -1.99. The van der Waals surface area contributed by atoms with Gasteiger partial charge in [0.2, 0.25) is 0 Å². The first-order chi connectivity index (χ1) is 9.30. The number of ether oxygens (including phenoxy) is 1. The summed E-state index contributed by atoms with van der Waals surface area (Å²) in [6, 6.07) is 0. The number of halogens is 3. The minimum Gasteiger partial charge on any atom is -0.384 e. The van der Waals surface area contributed by atoms with Crippen molar-refractivity contribution in [3.63, 3.8) is 0 Å². The van der Waals surface area contributed by atoms with E-state index in [4.69, 9.17) is 10.5 Å². The summed E-state index contributed by atoms with van der Waals surface area (Å²) in [4.78, 5) is 2.26. The molecule has 1 aliphatic heterocycles. The second-order valence-electron chi connectivity index (χ2n) is 6.08. The van der Waals surface area contributed by atoms with Crippen molar-refractivity contribution < 1.29 is 17.9 Å². The van der Waals surface area contributed by atoms with Crippen LogP contribution >= 0.6 is 0 Å². The average Bonchev–Trinajstić information content (AvgIpc) is 2.38. The summed E-state index contributed by atoms with van der Waals surface area (Å²) < 4.78 is 42.0. The van der Waals surface area contributed by atoms with Gasteiger partial charge in [-0.15, -0.1) is 0 Å². The molecule has 2 N–H and O–H groups in total.